The van der Waals surface area contributed by atoms with Gasteiger partial charge in [-0.15, -0.1) is 0 Å². The van der Waals surface area contributed by atoms with E-state index in [4.69, 9.17) is 0 Å². The van der Waals surface area contributed by atoms with E-state index in [0.29, 0.717) is 0 Å². The average Bonchev–Trinajstić information content (AvgIpc) is 2.62. The van der Waals surface area contributed by atoms with Crippen LogP contribution in [0, 0.1) is 5.41 Å². The summed E-state index contributed by atoms with van der Waals surface area (Å²) >= 11 is 0. The number of rotatable bonds is 2. The molecule has 1 aliphatic heterocycles. The van der Waals surface area contributed by atoms with Crippen LogP contribution in [0.15, 0.2) is 72.8 Å². The molecule has 1 nitrogen and oxygen atoms in total. The molecule has 0 aromatic heterocycles. The fourth-order valence-corrected chi connectivity index (χ4v) is 4.33. The lowest BCUT2D eigenvalue weighted by atomic mass is 9.72. The Hall–Kier alpha value is -2.54. The second-order valence-electron chi connectivity index (χ2n) is 9.40. The molecular formula is C26H29N. The van der Waals surface area contributed by atoms with Gasteiger partial charge in [0.2, 0.25) is 0 Å². The van der Waals surface area contributed by atoms with Gasteiger partial charge in [-0.1, -0.05) is 83.1 Å². The smallest absolute Gasteiger partial charge is 0.0502 e. The van der Waals surface area contributed by atoms with Crippen molar-refractivity contribution in [3.63, 3.8) is 0 Å². The van der Waals surface area contributed by atoms with Gasteiger partial charge >= 0.3 is 0 Å². The van der Waals surface area contributed by atoms with Crippen LogP contribution in [0.5, 0.6) is 0 Å². The molecule has 1 aliphatic rings. The molecule has 27 heavy (non-hydrogen) atoms. The Morgan fingerprint density at radius 3 is 2.07 bits per heavy atom. The van der Waals surface area contributed by atoms with E-state index in [1.807, 2.05) is 0 Å². The van der Waals surface area contributed by atoms with E-state index in [-0.39, 0.29) is 10.8 Å². The molecule has 4 rings (SSSR count). The van der Waals surface area contributed by atoms with Crippen LogP contribution in [0.1, 0.15) is 51.3 Å². The van der Waals surface area contributed by atoms with Crippen molar-refractivity contribution in [3.8, 4) is 0 Å². The molecule has 0 N–H and O–H groups in total. The molecule has 3 aromatic carbocycles. The molecule has 0 saturated carbocycles. The predicted molar refractivity (Wildman–Crippen MR) is 116 cm³/mol. The van der Waals surface area contributed by atoms with Crippen molar-refractivity contribution in [2.75, 3.05) is 4.90 Å². The summed E-state index contributed by atoms with van der Waals surface area (Å²) in [6, 6.07) is 26.6. The molecule has 0 spiro atoms. The number of para-hydroxylation sites is 2. The van der Waals surface area contributed by atoms with Crippen LogP contribution in [0.25, 0.3) is 0 Å². The highest BCUT2D eigenvalue weighted by Gasteiger charge is 2.36. The largest absolute Gasteiger partial charge is 0.310 e. The zero-order valence-corrected chi connectivity index (χ0v) is 17.1. The van der Waals surface area contributed by atoms with Crippen LogP contribution in [-0.2, 0) is 11.8 Å². The highest BCUT2D eigenvalue weighted by atomic mass is 15.2. The van der Waals surface area contributed by atoms with Crippen molar-refractivity contribution in [2.24, 2.45) is 5.41 Å². The van der Waals surface area contributed by atoms with Crippen LogP contribution in [0.2, 0.25) is 0 Å². The molecule has 0 unspecified atom stereocenters. The molecule has 0 amide bonds. The van der Waals surface area contributed by atoms with Crippen LogP contribution >= 0.6 is 0 Å². The Balaban J connectivity index is 1.94. The van der Waals surface area contributed by atoms with Crippen molar-refractivity contribution < 1.29 is 0 Å². The van der Waals surface area contributed by atoms with Crippen molar-refractivity contribution in [3.05, 3.63) is 89.5 Å². The summed E-state index contributed by atoms with van der Waals surface area (Å²) in [5.74, 6) is 0. The second-order valence-corrected chi connectivity index (χ2v) is 9.40. The molecule has 0 aliphatic carbocycles. The van der Waals surface area contributed by atoms with E-state index in [1.165, 1.54) is 33.8 Å². The first-order valence-corrected chi connectivity index (χ1v) is 9.85. The number of benzene rings is 3. The third kappa shape index (κ3) is 3.16. The van der Waals surface area contributed by atoms with Crippen molar-refractivity contribution in [1.82, 2.24) is 0 Å². The topological polar surface area (TPSA) is 3.24 Å². The normalized spacial score (nSPS) is 15.2. The molecule has 0 radical (unpaired) electrons. The molecule has 1 heteroatoms. The number of anilines is 3. The van der Waals surface area contributed by atoms with Gasteiger partial charge in [-0.05, 0) is 52.8 Å². The number of nitrogens with zero attached hydrogens (tertiary/aromatic N) is 1. The van der Waals surface area contributed by atoms with Gasteiger partial charge in [-0.25, -0.2) is 0 Å². The first-order valence-electron chi connectivity index (χ1n) is 9.85. The predicted octanol–water partition coefficient (Wildman–Crippen LogP) is 7.38. The lowest BCUT2D eigenvalue weighted by Gasteiger charge is -2.42. The summed E-state index contributed by atoms with van der Waals surface area (Å²) in [7, 11) is 0. The third-order valence-corrected chi connectivity index (χ3v) is 5.54. The fourth-order valence-electron chi connectivity index (χ4n) is 4.33. The van der Waals surface area contributed by atoms with E-state index >= 15 is 0 Å². The molecule has 0 bridgehead atoms. The van der Waals surface area contributed by atoms with Gasteiger partial charge in [0.25, 0.3) is 0 Å². The number of hydrogen-bond donors (Lipinski definition) is 0. The number of hydrogen-bond acceptors (Lipinski definition) is 1. The van der Waals surface area contributed by atoms with Gasteiger partial charge in [0.15, 0.2) is 0 Å². The lowest BCUT2D eigenvalue weighted by molar-refractivity contribution is 0.411. The van der Waals surface area contributed by atoms with E-state index in [0.717, 1.165) is 6.42 Å². The zero-order chi connectivity index (χ0) is 19.2. The summed E-state index contributed by atoms with van der Waals surface area (Å²) in [5.41, 5.74) is 8.26. The zero-order valence-electron chi connectivity index (χ0n) is 17.1. The fraction of sp³-hybridized carbons (Fsp3) is 0.308. The van der Waals surface area contributed by atoms with Gasteiger partial charge < -0.3 is 4.90 Å². The molecule has 1 heterocycles. The number of fused-ring (bicyclic) bond motifs is 2. The summed E-state index contributed by atoms with van der Waals surface area (Å²) in [6.45, 7) is 11.6. The summed E-state index contributed by atoms with van der Waals surface area (Å²) < 4.78 is 0. The Bertz CT molecular complexity index is 961. The molecule has 138 valence electrons. The van der Waals surface area contributed by atoms with Gasteiger partial charge in [-0.3, -0.25) is 0 Å². The maximum Gasteiger partial charge on any atom is 0.0502 e. The monoisotopic (exact) mass is 355 g/mol. The summed E-state index contributed by atoms with van der Waals surface area (Å²) in [5, 5.41) is 0. The van der Waals surface area contributed by atoms with E-state index in [1.54, 1.807) is 0 Å². The molecule has 0 saturated heterocycles. The van der Waals surface area contributed by atoms with Gasteiger partial charge in [0.05, 0.1) is 11.4 Å². The van der Waals surface area contributed by atoms with Crippen LogP contribution < -0.4 is 4.90 Å². The summed E-state index contributed by atoms with van der Waals surface area (Å²) in [6.07, 6.45) is 1.09. The van der Waals surface area contributed by atoms with Crippen LogP contribution in [-0.4, -0.2) is 0 Å². The van der Waals surface area contributed by atoms with E-state index in [2.05, 4.69) is 112 Å². The first-order chi connectivity index (χ1) is 12.8. The average molecular weight is 356 g/mol. The maximum absolute atomic E-state index is 2.44. The van der Waals surface area contributed by atoms with Crippen LogP contribution in [0.4, 0.5) is 17.1 Å². The Morgan fingerprint density at radius 1 is 0.741 bits per heavy atom. The Morgan fingerprint density at radius 2 is 1.37 bits per heavy atom. The van der Waals surface area contributed by atoms with Crippen molar-refractivity contribution >= 4 is 17.1 Å². The minimum atomic E-state index is -0.0227. The highest BCUT2D eigenvalue weighted by molar-refractivity contribution is 5.85. The minimum absolute atomic E-state index is 0.0227. The first kappa shape index (κ1) is 17.9. The molecule has 0 atom stereocenters. The van der Waals surface area contributed by atoms with Crippen LogP contribution in [0.3, 0.4) is 0 Å². The SMILES string of the molecule is CC(C)(C)Cc1ccc2c(c1)C(C)(C)c1ccccc1N2c1ccccc1. The standard InChI is InChI=1S/C26H29N/c1-25(2,3)18-19-15-16-24-22(17-19)26(4,5)21-13-9-10-14-23(21)27(24)20-11-7-6-8-12-20/h6-17H,18H2,1-5H3. The third-order valence-electron chi connectivity index (χ3n) is 5.54. The quantitative estimate of drug-likeness (QED) is 0.463. The van der Waals surface area contributed by atoms with Gasteiger partial charge in [0, 0.05) is 11.1 Å². The maximum atomic E-state index is 2.44. The lowest BCUT2D eigenvalue weighted by Crippen LogP contribution is -2.30. The Labute approximate surface area is 163 Å². The van der Waals surface area contributed by atoms with E-state index < -0.39 is 0 Å². The second kappa shape index (κ2) is 6.27. The van der Waals surface area contributed by atoms with Gasteiger partial charge in [0.1, 0.15) is 0 Å². The summed E-state index contributed by atoms with van der Waals surface area (Å²) in [4.78, 5) is 2.41. The Kier molecular flexibility index (Phi) is 4.14. The van der Waals surface area contributed by atoms with Crippen molar-refractivity contribution in [2.45, 2.75) is 46.5 Å². The molecular weight excluding hydrogens is 326 g/mol. The highest BCUT2D eigenvalue weighted by Crippen LogP contribution is 2.51. The molecule has 3 aromatic rings. The van der Waals surface area contributed by atoms with Gasteiger partial charge in [-0.2, -0.15) is 0 Å². The molecule has 0 fully saturated rings. The van der Waals surface area contributed by atoms with E-state index in [9.17, 15) is 0 Å². The minimum Gasteiger partial charge on any atom is -0.310 e. The van der Waals surface area contributed by atoms with Crippen molar-refractivity contribution in [1.29, 1.82) is 0 Å².